The van der Waals surface area contributed by atoms with Crippen molar-refractivity contribution >= 4 is 17.5 Å². The molecule has 0 aliphatic rings. The molecule has 19 heavy (non-hydrogen) atoms. The Kier molecular flexibility index (Phi) is 5.32. The molecule has 2 amide bonds. The topological polar surface area (TPSA) is 93.4 Å². The van der Waals surface area contributed by atoms with Crippen molar-refractivity contribution in [2.45, 2.75) is 26.9 Å². The first-order chi connectivity index (χ1) is 8.93. The van der Waals surface area contributed by atoms with Gasteiger partial charge in [0.15, 0.2) is 6.10 Å². The fourth-order valence-electron chi connectivity index (χ4n) is 1.54. The number of hydrogen-bond acceptors (Lipinski definition) is 4. The van der Waals surface area contributed by atoms with Crippen LogP contribution in [0.1, 0.15) is 20.8 Å². The molecule has 1 rings (SSSR count). The van der Waals surface area contributed by atoms with Gasteiger partial charge in [0.1, 0.15) is 5.75 Å². The van der Waals surface area contributed by atoms with Gasteiger partial charge >= 0.3 is 0 Å². The van der Waals surface area contributed by atoms with E-state index in [1.54, 1.807) is 24.3 Å². The number of hydrazine groups is 1. The maximum Gasteiger partial charge on any atom is 0.275 e. The first kappa shape index (κ1) is 15.0. The van der Waals surface area contributed by atoms with E-state index in [2.05, 4.69) is 10.7 Å². The maximum atomic E-state index is 11.6. The second-order valence-corrected chi connectivity index (χ2v) is 4.50. The molecular formula is C13H19N3O3. The Morgan fingerprint density at radius 2 is 1.79 bits per heavy atom. The molecule has 104 valence electrons. The zero-order chi connectivity index (χ0) is 14.4. The summed E-state index contributed by atoms with van der Waals surface area (Å²) in [7, 11) is 0. The number of anilines is 1. The van der Waals surface area contributed by atoms with Gasteiger partial charge in [0, 0.05) is 12.6 Å². The van der Waals surface area contributed by atoms with Crippen molar-refractivity contribution in [3.63, 3.8) is 0 Å². The Morgan fingerprint density at radius 1 is 1.21 bits per heavy atom. The number of benzene rings is 1. The summed E-state index contributed by atoms with van der Waals surface area (Å²) in [6, 6.07) is 6.78. The maximum absolute atomic E-state index is 11.6. The summed E-state index contributed by atoms with van der Waals surface area (Å²) >= 11 is 0. The zero-order valence-electron chi connectivity index (χ0n) is 11.3. The van der Waals surface area contributed by atoms with Crippen LogP contribution < -0.4 is 21.3 Å². The predicted octanol–water partition coefficient (Wildman–Crippen LogP) is 1.04. The number of hydrogen-bond donors (Lipinski definition) is 3. The highest BCUT2D eigenvalue weighted by atomic mass is 16.5. The van der Waals surface area contributed by atoms with Gasteiger partial charge in [-0.15, -0.1) is 0 Å². The van der Waals surface area contributed by atoms with Gasteiger partial charge in [-0.1, -0.05) is 13.8 Å². The molecule has 0 aliphatic heterocycles. The Balaban J connectivity index is 2.75. The predicted molar refractivity (Wildman–Crippen MR) is 72.3 cm³/mol. The molecular weight excluding hydrogens is 246 g/mol. The van der Waals surface area contributed by atoms with Gasteiger partial charge in [0.25, 0.3) is 5.91 Å². The number of rotatable bonds is 5. The molecule has 0 aliphatic carbocycles. The Hall–Kier alpha value is -2.08. The monoisotopic (exact) mass is 265 g/mol. The average molecular weight is 265 g/mol. The summed E-state index contributed by atoms with van der Waals surface area (Å²) in [4.78, 5) is 22.4. The molecule has 0 radical (unpaired) electrons. The first-order valence-corrected chi connectivity index (χ1v) is 5.98. The van der Waals surface area contributed by atoms with Crippen molar-refractivity contribution < 1.29 is 14.3 Å². The molecule has 1 aromatic rings. The number of carbonyl (C=O) groups is 2. The van der Waals surface area contributed by atoms with Crippen LogP contribution in [0.4, 0.5) is 5.69 Å². The Bertz CT molecular complexity index is 443. The number of ether oxygens (including phenoxy) is 1. The van der Waals surface area contributed by atoms with E-state index in [0.29, 0.717) is 11.4 Å². The van der Waals surface area contributed by atoms with Crippen LogP contribution in [0.5, 0.6) is 5.75 Å². The molecule has 0 spiro atoms. The van der Waals surface area contributed by atoms with E-state index >= 15 is 0 Å². The van der Waals surface area contributed by atoms with Crippen LogP contribution in [0.25, 0.3) is 0 Å². The third-order valence-electron chi connectivity index (χ3n) is 2.44. The quantitative estimate of drug-likeness (QED) is 0.421. The van der Waals surface area contributed by atoms with Crippen molar-refractivity contribution in [2.75, 3.05) is 5.32 Å². The summed E-state index contributed by atoms with van der Waals surface area (Å²) in [5, 5.41) is 2.65. The van der Waals surface area contributed by atoms with Gasteiger partial charge in [-0.25, -0.2) is 5.84 Å². The van der Waals surface area contributed by atoms with Gasteiger partial charge in [-0.2, -0.15) is 0 Å². The fourth-order valence-corrected chi connectivity index (χ4v) is 1.54. The fraction of sp³-hybridized carbons (Fsp3) is 0.385. The first-order valence-electron chi connectivity index (χ1n) is 5.98. The van der Waals surface area contributed by atoms with E-state index in [4.69, 9.17) is 10.6 Å². The van der Waals surface area contributed by atoms with Gasteiger partial charge in [-0.3, -0.25) is 15.0 Å². The van der Waals surface area contributed by atoms with Gasteiger partial charge < -0.3 is 10.1 Å². The van der Waals surface area contributed by atoms with Crippen molar-refractivity contribution in [1.29, 1.82) is 0 Å². The van der Waals surface area contributed by atoms with Crippen LogP contribution in [0, 0.1) is 5.92 Å². The Labute approximate surface area is 112 Å². The largest absolute Gasteiger partial charge is 0.480 e. The van der Waals surface area contributed by atoms with Crippen molar-refractivity contribution in [1.82, 2.24) is 5.43 Å². The molecule has 0 saturated carbocycles. The smallest absolute Gasteiger partial charge is 0.275 e. The van der Waals surface area contributed by atoms with Crippen LogP contribution in [-0.2, 0) is 9.59 Å². The van der Waals surface area contributed by atoms with E-state index in [0.717, 1.165) is 0 Å². The molecule has 4 N–H and O–H groups in total. The number of amides is 2. The molecule has 1 aromatic carbocycles. The SMILES string of the molecule is CC(=O)Nc1ccc(OC(C(=O)NN)C(C)C)cc1. The standard InChI is InChI=1S/C13H19N3O3/c1-8(2)12(13(18)16-14)19-11-6-4-10(5-7-11)15-9(3)17/h4-8,12H,14H2,1-3H3,(H,15,17)(H,16,18). The molecule has 6 heteroatoms. The summed E-state index contributed by atoms with van der Waals surface area (Å²) in [5.41, 5.74) is 2.75. The minimum Gasteiger partial charge on any atom is -0.480 e. The number of carbonyl (C=O) groups excluding carboxylic acids is 2. The Morgan fingerprint density at radius 3 is 2.21 bits per heavy atom. The van der Waals surface area contributed by atoms with E-state index < -0.39 is 6.10 Å². The van der Waals surface area contributed by atoms with E-state index in [1.165, 1.54) is 6.92 Å². The molecule has 0 saturated heterocycles. The lowest BCUT2D eigenvalue weighted by Gasteiger charge is -2.20. The molecule has 0 bridgehead atoms. The molecule has 1 atom stereocenters. The second-order valence-electron chi connectivity index (χ2n) is 4.50. The van der Waals surface area contributed by atoms with E-state index in [9.17, 15) is 9.59 Å². The highest BCUT2D eigenvalue weighted by Crippen LogP contribution is 2.19. The molecule has 0 aromatic heterocycles. The lowest BCUT2D eigenvalue weighted by atomic mass is 10.1. The average Bonchev–Trinajstić information content (AvgIpc) is 2.36. The van der Waals surface area contributed by atoms with E-state index in [-0.39, 0.29) is 17.7 Å². The third-order valence-corrected chi connectivity index (χ3v) is 2.44. The number of nitrogens with one attached hydrogen (secondary N) is 2. The van der Waals surface area contributed by atoms with Crippen LogP contribution in [-0.4, -0.2) is 17.9 Å². The lowest BCUT2D eigenvalue weighted by molar-refractivity contribution is -0.129. The molecule has 0 heterocycles. The third kappa shape index (κ3) is 4.59. The van der Waals surface area contributed by atoms with Gasteiger partial charge in [-0.05, 0) is 30.2 Å². The van der Waals surface area contributed by atoms with Gasteiger partial charge in [0.05, 0.1) is 0 Å². The van der Waals surface area contributed by atoms with Gasteiger partial charge in [0.2, 0.25) is 5.91 Å². The van der Waals surface area contributed by atoms with Crippen LogP contribution in [0.15, 0.2) is 24.3 Å². The van der Waals surface area contributed by atoms with Crippen LogP contribution in [0.3, 0.4) is 0 Å². The van der Waals surface area contributed by atoms with Crippen LogP contribution in [0.2, 0.25) is 0 Å². The number of nitrogens with two attached hydrogens (primary N) is 1. The van der Waals surface area contributed by atoms with E-state index in [1.807, 2.05) is 13.8 Å². The van der Waals surface area contributed by atoms with Crippen molar-refractivity contribution in [2.24, 2.45) is 11.8 Å². The summed E-state index contributed by atoms with van der Waals surface area (Å²) in [6.45, 7) is 5.17. The minimum absolute atomic E-state index is 0.0152. The van der Waals surface area contributed by atoms with Crippen LogP contribution >= 0.6 is 0 Å². The second kappa shape index (κ2) is 6.75. The highest BCUT2D eigenvalue weighted by Gasteiger charge is 2.23. The zero-order valence-corrected chi connectivity index (χ0v) is 11.3. The molecule has 6 nitrogen and oxygen atoms in total. The molecule has 1 unspecified atom stereocenters. The van der Waals surface area contributed by atoms with Crippen molar-refractivity contribution in [3.8, 4) is 5.75 Å². The van der Waals surface area contributed by atoms with Crippen molar-refractivity contribution in [3.05, 3.63) is 24.3 Å². The summed E-state index contributed by atoms with van der Waals surface area (Å²) in [6.07, 6.45) is -0.656. The summed E-state index contributed by atoms with van der Waals surface area (Å²) in [5.74, 6) is 5.12. The highest BCUT2D eigenvalue weighted by molar-refractivity contribution is 5.88. The molecule has 0 fully saturated rings. The normalized spacial score (nSPS) is 11.8. The lowest BCUT2D eigenvalue weighted by Crippen LogP contribution is -2.44. The minimum atomic E-state index is -0.656. The summed E-state index contributed by atoms with van der Waals surface area (Å²) < 4.78 is 5.58.